The van der Waals surface area contributed by atoms with E-state index in [9.17, 15) is 0 Å². The van der Waals surface area contributed by atoms with E-state index < -0.39 is 0 Å². The molecule has 0 saturated carbocycles. The standard InChI is InChI=1S/C20H27N3O2/c1-24-20-16-17(21)8-9-19(20)25-15-5-10-22-11-13-23(14-12-22)18-6-3-2-4-7-18/h2-4,6-9,16H,5,10-15,21H2,1H3. The van der Waals surface area contributed by atoms with E-state index in [-0.39, 0.29) is 0 Å². The van der Waals surface area contributed by atoms with Gasteiger partial charge in [0.1, 0.15) is 0 Å². The Morgan fingerprint density at radius 2 is 1.72 bits per heavy atom. The van der Waals surface area contributed by atoms with Crippen molar-refractivity contribution in [3.8, 4) is 11.5 Å². The molecule has 3 rings (SSSR count). The van der Waals surface area contributed by atoms with E-state index in [0.717, 1.165) is 44.9 Å². The van der Waals surface area contributed by atoms with E-state index >= 15 is 0 Å². The third kappa shape index (κ3) is 4.79. The quantitative estimate of drug-likeness (QED) is 0.620. The van der Waals surface area contributed by atoms with Crippen LogP contribution in [0.15, 0.2) is 48.5 Å². The Balaban J connectivity index is 1.38. The third-order valence-electron chi connectivity index (χ3n) is 4.56. The van der Waals surface area contributed by atoms with Crippen LogP contribution in [0.25, 0.3) is 0 Å². The first-order chi connectivity index (χ1) is 12.3. The molecule has 5 heteroatoms. The van der Waals surface area contributed by atoms with Crippen molar-refractivity contribution in [3.63, 3.8) is 0 Å². The predicted octanol–water partition coefficient (Wildman–Crippen LogP) is 2.87. The highest BCUT2D eigenvalue weighted by Gasteiger charge is 2.16. The molecule has 2 N–H and O–H groups in total. The molecule has 1 heterocycles. The van der Waals surface area contributed by atoms with Crippen LogP contribution in [0.2, 0.25) is 0 Å². The second-order valence-corrected chi connectivity index (χ2v) is 6.28. The van der Waals surface area contributed by atoms with E-state index in [4.69, 9.17) is 15.2 Å². The summed E-state index contributed by atoms with van der Waals surface area (Å²) >= 11 is 0. The zero-order valence-corrected chi connectivity index (χ0v) is 14.9. The van der Waals surface area contributed by atoms with Gasteiger partial charge in [0.05, 0.1) is 13.7 Å². The fraction of sp³-hybridized carbons (Fsp3) is 0.400. The van der Waals surface area contributed by atoms with Crippen molar-refractivity contribution in [2.45, 2.75) is 6.42 Å². The van der Waals surface area contributed by atoms with Gasteiger partial charge < -0.3 is 20.1 Å². The first kappa shape index (κ1) is 17.4. The van der Waals surface area contributed by atoms with Crippen LogP contribution in [0, 0.1) is 0 Å². The lowest BCUT2D eigenvalue weighted by atomic mass is 10.2. The monoisotopic (exact) mass is 341 g/mol. The van der Waals surface area contributed by atoms with Crippen molar-refractivity contribution < 1.29 is 9.47 Å². The second-order valence-electron chi connectivity index (χ2n) is 6.28. The zero-order chi connectivity index (χ0) is 17.5. The first-order valence-corrected chi connectivity index (χ1v) is 8.85. The topological polar surface area (TPSA) is 51.0 Å². The maximum absolute atomic E-state index is 5.85. The van der Waals surface area contributed by atoms with Crippen LogP contribution < -0.4 is 20.1 Å². The molecule has 134 valence electrons. The summed E-state index contributed by atoms with van der Waals surface area (Å²) in [7, 11) is 1.63. The largest absolute Gasteiger partial charge is 0.493 e. The number of nitrogen functional groups attached to an aromatic ring is 1. The average molecular weight is 341 g/mol. The number of methoxy groups -OCH3 is 1. The lowest BCUT2D eigenvalue weighted by molar-refractivity contribution is 0.221. The van der Waals surface area contributed by atoms with E-state index in [2.05, 4.69) is 40.1 Å². The molecule has 0 aromatic heterocycles. The van der Waals surface area contributed by atoms with Gasteiger partial charge >= 0.3 is 0 Å². The molecule has 1 aliphatic heterocycles. The molecule has 0 unspecified atom stereocenters. The number of rotatable bonds is 7. The number of nitrogens with two attached hydrogens (primary N) is 1. The molecule has 5 nitrogen and oxygen atoms in total. The molecule has 0 aliphatic carbocycles. The van der Waals surface area contributed by atoms with Gasteiger partial charge in [-0.05, 0) is 30.7 Å². The fourth-order valence-corrected chi connectivity index (χ4v) is 3.14. The summed E-state index contributed by atoms with van der Waals surface area (Å²) in [4.78, 5) is 4.95. The molecule has 2 aromatic carbocycles. The van der Waals surface area contributed by atoms with Gasteiger partial charge in [0.2, 0.25) is 0 Å². The number of hydrogen-bond acceptors (Lipinski definition) is 5. The number of para-hydroxylation sites is 1. The number of benzene rings is 2. The number of ether oxygens (including phenoxy) is 2. The maximum atomic E-state index is 5.85. The minimum atomic E-state index is 0.680. The van der Waals surface area contributed by atoms with Gasteiger partial charge in [-0.3, -0.25) is 4.90 Å². The molecular weight excluding hydrogens is 314 g/mol. The van der Waals surface area contributed by atoms with Crippen LogP contribution in [0.5, 0.6) is 11.5 Å². The first-order valence-electron chi connectivity index (χ1n) is 8.85. The van der Waals surface area contributed by atoms with Crippen molar-refractivity contribution in [2.24, 2.45) is 0 Å². The van der Waals surface area contributed by atoms with Crippen molar-refractivity contribution in [1.29, 1.82) is 0 Å². The van der Waals surface area contributed by atoms with Crippen molar-refractivity contribution in [3.05, 3.63) is 48.5 Å². The Bertz CT molecular complexity index is 655. The second kappa shape index (κ2) is 8.62. The predicted molar refractivity (Wildman–Crippen MR) is 103 cm³/mol. The summed E-state index contributed by atoms with van der Waals surface area (Å²) in [6, 6.07) is 16.1. The Morgan fingerprint density at radius 3 is 2.44 bits per heavy atom. The maximum Gasteiger partial charge on any atom is 0.162 e. The van der Waals surface area contributed by atoms with Crippen LogP contribution in [0.3, 0.4) is 0 Å². The van der Waals surface area contributed by atoms with E-state index in [1.54, 1.807) is 13.2 Å². The molecule has 0 atom stereocenters. The van der Waals surface area contributed by atoms with Crippen molar-refractivity contribution >= 4 is 11.4 Å². The third-order valence-corrected chi connectivity index (χ3v) is 4.56. The molecule has 1 saturated heterocycles. The van der Waals surface area contributed by atoms with Gasteiger partial charge in [0.25, 0.3) is 0 Å². The average Bonchev–Trinajstić information content (AvgIpc) is 2.67. The Labute approximate surface area is 149 Å². The zero-order valence-electron chi connectivity index (χ0n) is 14.9. The molecule has 1 fully saturated rings. The van der Waals surface area contributed by atoms with Crippen LogP contribution in [0.4, 0.5) is 11.4 Å². The minimum absolute atomic E-state index is 0.680. The van der Waals surface area contributed by atoms with Gasteiger partial charge in [-0.2, -0.15) is 0 Å². The van der Waals surface area contributed by atoms with Crippen molar-refractivity contribution in [1.82, 2.24) is 4.90 Å². The number of hydrogen-bond donors (Lipinski definition) is 1. The normalized spacial score (nSPS) is 15.2. The number of anilines is 2. The van der Waals surface area contributed by atoms with Crippen LogP contribution in [0.1, 0.15) is 6.42 Å². The lowest BCUT2D eigenvalue weighted by Crippen LogP contribution is -2.46. The molecule has 0 spiro atoms. The molecule has 1 aliphatic rings. The van der Waals surface area contributed by atoms with E-state index in [1.807, 2.05) is 12.1 Å². The molecule has 2 aromatic rings. The van der Waals surface area contributed by atoms with Gasteiger partial charge in [-0.25, -0.2) is 0 Å². The van der Waals surface area contributed by atoms with E-state index in [0.29, 0.717) is 18.0 Å². The molecule has 25 heavy (non-hydrogen) atoms. The van der Waals surface area contributed by atoms with Crippen LogP contribution in [-0.4, -0.2) is 51.3 Å². The summed E-state index contributed by atoms with van der Waals surface area (Å²) in [5.41, 5.74) is 7.76. The molecule has 0 radical (unpaired) electrons. The summed E-state index contributed by atoms with van der Waals surface area (Å²) in [5.74, 6) is 1.45. The highest BCUT2D eigenvalue weighted by molar-refractivity contribution is 5.51. The van der Waals surface area contributed by atoms with Gasteiger partial charge in [0.15, 0.2) is 11.5 Å². The summed E-state index contributed by atoms with van der Waals surface area (Å²) in [5, 5.41) is 0. The van der Waals surface area contributed by atoms with Crippen molar-refractivity contribution in [2.75, 3.05) is 57.1 Å². The molecular formula is C20H27N3O2. The van der Waals surface area contributed by atoms with Crippen LogP contribution in [-0.2, 0) is 0 Å². The van der Waals surface area contributed by atoms with Gasteiger partial charge in [-0.15, -0.1) is 0 Å². The smallest absolute Gasteiger partial charge is 0.162 e. The fourth-order valence-electron chi connectivity index (χ4n) is 3.14. The summed E-state index contributed by atoms with van der Waals surface area (Å²) in [6.07, 6.45) is 0.999. The Hall–Kier alpha value is -2.40. The Kier molecular flexibility index (Phi) is 6.01. The SMILES string of the molecule is COc1cc(N)ccc1OCCCN1CCN(c2ccccc2)CC1. The van der Waals surface area contributed by atoms with Crippen LogP contribution >= 0.6 is 0 Å². The van der Waals surface area contributed by atoms with Gasteiger partial charge in [0, 0.05) is 50.2 Å². The number of piperazine rings is 1. The minimum Gasteiger partial charge on any atom is -0.493 e. The Morgan fingerprint density at radius 1 is 0.960 bits per heavy atom. The van der Waals surface area contributed by atoms with E-state index in [1.165, 1.54) is 5.69 Å². The highest BCUT2D eigenvalue weighted by atomic mass is 16.5. The number of nitrogens with zero attached hydrogens (tertiary/aromatic N) is 2. The molecule has 0 amide bonds. The summed E-state index contributed by atoms with van der Waals surface area (Å²) in [6.45, 7) is 6.09. The lowest BCUT2D eigenvalue weighted by Gasteiger charge is -2.36. The summed E-state index contributed by atoms with van der Waals surface area (Å²) < 4.78 is 11.2. The molecule has 0 bridgehead atoms. The highest BCUT2D eigenvalue weighted by Crippen LogP contribution is 2.29. The van der Waals surface area contributed by atoms with Gasteiger partial charge in [-0.1, -0.05) is 18.2 Å².